The van der Waals surface area contributed by atoms with E-state index < -0.39 is 5.82 Å². The maximum absolute atomic E-state index is 13.7. The molecule has 5 nitrogen and oxygen atoms in total. The molecular weight excluding hydrogens is 426 g/mol. The second kappa shape index (κ2) is 8.90. The highest BCUT2D eigenvalue weighted by atomic mass is 35.5. The van der Waals surface area contributed by atoms with E-state index in [1.807, 2.05) is 6.92 Å². The molecule has 0 spiro atoms. The lowest BCUT2D eigenvalue weighted by atomic mass is 10.2. The number of nitrogens with one attached hydrogen (secondary N) is 1. The van der Waals surface area contributed by atoms with Gasteiger partial charge in [-0.15, -0.1) is 0 Å². The summed E-state index contributed by atoms with van der Waals surface area (Å²) in [5, 5.41) is 8.18. The van der Waals surface area contributed by atoms with Crippen LogP contribution in [0.25, 0.3) is 11.4 Å². The molecule has 146 valence electrons. The van der Waals surface area contributed by atoms with Crippen LogP contribution in [0.4, 0.5) is 4.39 Å². The summed E-state index contributed by atoms with van der Waals surface area (Å²) >= 11 is 17.6. The standard InChI is InChI=1S/C19H16Cl3FN4O/c1-2-27-17(25-19(26-27)12-3-4-15(22)16(23)7-12)9-18(28)24-10-11-5-13(20)8-14(21)6-11/h3-8H,2,9-10H2,1H3,(H,24,28). The van der Waals surface area contributed by atoms with E-state index in [0.29, 0.717) is 33.8 Å². The summed E-state index contributed by atoms with van der Waals surface area (Å²) in [6.07, 6.45) is 0.0329. The highest BCUT2D eigenvalue weighted by molar-refractivity contribution is 6.34. The number of rotatable bonds is 6. The zero-order valence-electron chi connectivity index (χ0n) is 14.8. The first-order valence-corrected chi connectivity index (χ1v) is 9.60. The number of aromatic nitrogens is 3. The van der Waals surface area contributed by atoms with Gasteiger partial charge in [-0.1, -0.05) is 34.8 Å². The predicted octanol–water partition coefficient (Wildman–Crippen LogP) is 4.92. The van der Waals surface area contributed by atoms with Crippen molar-refractivity contribution in [2.24, 2.45) is 0 Å². The molecule has 0 saturated carbocycles. The predicted molar refractivity (Wildman–Crippen MR) is 108 cm³/mol. The summed E-state index contributed by atoms with van der Waals surface area (Å²) in [6.45, 7) is 2.69. The summed E-state index contributed by atoms with van der Waals surface area (Å²) in [7, 11) is 0. The molecule has 0 radical (unpaired) electrons. The summed E-state index contributed by atoms with van der Waals surface area (Å²) in [5.74, 6) is 0.0369. The Morgan fingerprint density at radius 1 is 1.14 bits per heavy atom. The van der Waals surface area contributed by atoms with Crippen LogP contribution >= 0.6 is 34.8 Å². The summed E-state index contributed by atoms with van der Waals surface area (Å²) in [5.41, 5.74) is 1.28. The van der Waals surface area contributed by atoms with Crippen LogP contribution < -0.4 is 5.32 Å². The van der Waals surface area contributed by atoms with Gasteiger partial charge in [0.1, 0.15) is 11.6 Å². The first-order chi connectivity index (χ1) is 13.4. The molecule has 28 heavy (non-hydrogen) atoms. The third-order valence-corrected chi connectivity index (χ3v) is 4.70. The van der Waals surface area contributed by atoms with Gasteiger partial charge < -0.3 is 5.32 Å². The van der Waals surface area contributed by atoms with Crippen LogP contribution in [0.3, 0.4) is 0 Å². The fourth-order valence-corrected chi connectivity index (χ4v) is 3.32. The zero-order chi connectivity index (χ0) is 20.3. The fraction of sp³-hybridized carbons (Fsp3) is 0.211. The van der Waals surface area contributed by atoms with Crippen molar-refractivity contribution in [1.82, 2.24) is 20.1 Å². The molecule has 1 heterocycles. The normalized spacial score (nSPS) is 10.9. The molecule has 0 fully saturated rings. The van der Waals surface area contributed by atoms with E-state index in [0.717, 1.165) is 5.56 Å². The molecule has 0 unspecified atom stereocenters. The average Bonchev–Trinajstić information content (AvgIpc) is 3.04. The maximum Gasteiger partial charge on any atom is 0.227 e. The molecule has 0 saturated heterocycles. The van der Waals surface area contributed by atoms with Gasteiger partial charge in [-0.2, -0.15) is 5.10 Å². The maximum atomic E-state index is 13.7. The molecule has 3 aromatic rings. The molecule has 1 aromatic heterocycles. The van der Waals surface area contributed by atoms with Crippen LogP contribution in [0.5, 0.6) is 0 Å². The van der Waals surface area contributed by atoms with Crippen molar-refractivity contribution in [3.05, 3.63) is 68.7 Å². The molecular formula is C19H16Cl3FN4O. The number of aryl methyl sites for hydroxylation is 1. The lowest BCUT2D eigenvalue weighted by molar-refractivity contribution is -0.120. The zero-order valence-corrected chi connectivity index (χ0v) is 17.1. The van der Waals surface area contributed by atoms with Gasteiger partial charge in [0.2, 0.25) is 5.91 Å². The Morgan fingerprint density at radius 3 is 2.50 bits per heavy atom. The van der Waals surface area contributed by atoms with Gasteiger partial charge in [-0.25, -0.2) is 14.1 Å². The monoisotopic (exact) mass is 440 g/mol. The molecule has 0 aliphatic carbocycles. The van der Waals surface area contributed by atoms with Crippen molar-refractivity contribution in [2.75, 3.05) is 0 Å². The van der Waals surface area contributed by atoms with Crippen LogP contribution in [0.15, 0.2) is 36.4 Å². The Hall–Kier alpha value is -2.15. The number of carbonyl (C=O) groups excluding carboxylic acids is 1. The molecule has 9 heteroatoms. The number of hydrogen-bond donors (Lipinski definition) is 1. The second-order valence-corrected chi connectivity index (χ2v) is 7.31. The smallest absolute Gasteiger partial charge is 0.227 e. The lowest BCUT2D eigenvalue weighted by Gasteiger charge is -2.07. The van der Waals surface area contributed by atoms with Crippen LogP contribution in [-0.4, -0.2) is 20.7 Å². The Morgan fingerprint density at radius 2 is 1.86 bits per heavy atom. The molecule has 2 aromatic carbocycles. The summed E-state index contributed by atoms with van der Waals surface area (Å²) in [6, 6.07) is 9.43. The first-order valence-electron chi connectivity index (χ1n) is 8.46. The molecule has 0 bridgehead atoms. The minimum absolute atomic E-state index is 0.0272. The van der Waals surface area contributed by atoms with Gasteiger partial charge in [0, 0.05) is 28.7 Å². The van der Waals surface area contributed by atoms with Crippen molar-refractivity contribution >= 4 is 40.7 Å². The number of halogens is 4. The number of amides is 1. The van der Waals surface area contributed by atoms with Crippen molar-refractivity contribution < 1.29 is 9.18 Å². The van der Waals surface area contributed by atoms with Crippen LogP contribution in [0.1, 0.15) is 18.3 Å². The highest BCUT2D eigenvalue weighted by Gasteiger charge is 2.15. The molecule has 0 aliphatic rings. The molecule has 0 atom stereocenters. The van der Waals surface area contributed by atoms with E-state index in [1.54, 1.807) is 28.9 Å². The average molecular weight is 442 g/mol. The second-order valence-electron chi connectivity index (χ2n) is 6.03. The van der Waals surface area contributed by atoms with Gasteiger partial charge >= 0.3 is 0 Å². The van der Waals surface area contributed by atoms with Crippen molar-refractivity contribution in [1.29, 1.82) is 0 Å². The SMILES string of the molecule is CCn1nc(-c2ccc(Cl)c(F)c2)nc1CC(=O)NCc1cc(Cl)cc(Cl)c1. The topological polar surface area (TPSA) is 59.8 Å². The molecule has 0 aliphatic heterocycles. The van der Waals surface area contributed by atoms with E-state index >= 15 is 0 Å². The van der Waals surface area contributed by atoms with E-state index in [9.17, 15) is 9.18 Å². The summed E-state index contributed by atoms with van der Waals surface area (Å²) in [4.78, 5) is 16.7. The highest BCUT2D eigenvalue weighted by Crippen LogP contribution is 2.22. The van der Waals surface area contributed by atoms with Crippen LogP contribution in [-0.2, 0) is 24.3 Å². The summed E-state index contributed by atoms with van der Waals surface area (Å²) < 4.78 is 15.3. The molecule has 1 N–H and O–H groups in total. The van der Waals surface area contributed by atoms with E-state index in [-0.39, 0.29) is 23.9 Å². The number of nitrogens with zero attached hydrogens (tertiary/aromatic N) is 3. The van der Waals surface area contributed by atoms with Crippen LogP contribution in [0.2, 0.25) is 15.1 Å². The van der Waals surface area contributed by atoms with Gasteiger partial charge in [0.05, 0.1) is 11.4 Å². The lowest BCUT2D eigenvalue weighted by Crippen LogP contribution is -2.26. The molecule has 1 amide bonds. The van der Waals surface area contributed by atoms with Crippen molar-refractivity contribution in [3.8, 4) is 11.4 Å². The number of hydrogen-bond acceptors (Lipinski definition) is 3. The van der Waals surface area contributed by atoms with E-state index in [2.05, 4.69) is 15.4 Å². The Labute approximate surface area is 176 Å². The van der Waals surface area contributed by atoms with Crippen molar-refractivity contribution in [3.63, 3.8) is 0 Å². The minimum Gasteiger partial charge on any atom is -0.352 e. The number of benzene rings is 2. The minimum atomic E-state index is -0.550. The van der Waals surface area contributed by atoms with Gasteiger partial charge in [0.25, 0.3) is 0 Å². The molecule has 3 rings (SSSR count). The van der Waals surface area contributed by atoms with Crippen LogP contribution in [0, 0.1) is 5.82 Å². The van der Waals surface area contributed by atoms with E-state index in [1.165, 1.54) is 12.1 Å². The fourth-order valence-electron chi connectivity index (χ4n) is 2.64. The Balaban J connectivity index is 1.71. The van der Waals surface area contributed by atoms with Gasteiger partial charge in [-0.05, 0) is 48.9 Å². The van der Waals surface area contributed by atoms with Crippen molar-refractivity contribution in [2.45, 2.75) is 26.4 Å². The third kappa shape index (κ3) is 5.01. The number of carbonyl (C=O) groups is 1. The van der Waals surface area contributed by atoms with Gasteiger partial charge in [-0.3, -0.25) is 4.79 Å². The van der Waals surface area contributed by atoms with Gasteiger partial charge in [0.15, 0.2) is 5.82 Å². The Kier molecular flexibility index (Phi) is 6.54. The largest absolute Gasteiger partial charge is 0.352 e. The first kappa shape index (κ1) is 20.6. The van der Waals surface area contributed by atoms with E-state index in [4.69, 9.17) is 34.8 Å². The Bertz CT molecular complexity index is 1000. The third-order valence-electron chi connectivity index (χ3n) is 3.96. The quantitative estimate of drug-likeness (QED) is 0.590.